The van der Waals surface area contributed by atoms with Gasteiger partial charge in [-0.2, -0.15) is 20.5 Å². The van der Waals surface area contributed by atoms with Crippen molar-refractivity contribution in [2.24, 2.45) is 56.0 Å². The lowest BCUT2D eigenvalue weighted by Crippen LogP contribution is -2.76. The molecular formula is C33H63N9O9. The molecule has 4 saturated carbocycles. The molecule has 18 heteroatoms. The van der Waals surface area contributed by atoms with Gasteiger partial charge in [-0.15, -0.1) is 0 Å². The molecule has 5 aliphatic rings. The van der Waals surface area contributed by atoms with Crippen LogP contribution in [0.15, 0.2) is 20.5 Å². The minimum Gasteiger partial charge on any atom is -0.365 e. The number of hydrogen-bond donors (Lipinski definition) is 10. The topological polar surface area (TPSA) is 248 Å². The van der Waals surface area contributed by atoms with Gasteiger partial charge in [0.1, 0.15) is 12.6 Å². The molecule has 1 heterocycles. The summed E-state index contributed by atoms with van der Waals surface area (Å²) in [6.07, 6.45) is 8.90. The third-order valence-electron chi connectivity index (χ3n) is 11.8. The standard InChI is InChI=1S/C33H63N9O9/c1-19-7-25(3-5-29(19)41-39-27-11-21(15-48-44)9-22(12-27)16-49-45)34-31-36-32(38-33(43)37-31)35-26-4-6-30(20(2)8-26)42-40-28-13-23(17-50-46)10-24(14-28)18-51-47/h19-38,43-47H,3-18H2,1-2H3. The van der Waals surface area contributed by atoms with Gasteiger partial charge in [0.25, 0.3) is 0 Å². The number of hydrogen-bond acceptors (Lipinski definition) is 18. The zero-order valence-electron chi connectivity index (χ0n) is 30.1. The Hall–Kier alpha value is -1.36. The van der Waals surface area contributed by atoms with Crippen LogP contribution in [0.1, 0.15) is 90.9 Å². The average molecular weight is 730 g/mol. The Morgan fingerprint density at radius 3 is 1.22 bits per heavy atom. The molecule has 18 nitrogen and oxygen atoms in total. The van der Waals surface area contributed by atoms with Crippen molar-refractivity contribution in [3.8, 4) is 0 Å². The predicted octanol–water partition coefficient (Wildman–Crippen LogP) is 3.34. The van der Waals surface area contributed by atoms with Crippen molar-refractivity contribution in [1.82, 2.24) is 26.6 Å². The summed E-state index contributed by atoms with van der Waals surface area (Å²) < 4.78 is 0. The van der Waals surface area contributed by atoms with Gasteiger partial charge < -0.3 is 5.11 Å². The highest BCUT2D eigenvalue weighted by Crippen LogP contribution is 2.35. The maximum atomic E-state index is 10.6. The summed E-state index contributed by atoms with van der Waals surface area (Å²) in [4.78, 5) is 17.6. The second-order valence-electron chi connectivity index (χ2n) is 16.0. The Morgan fingerprint density at radius 2 is 0.882 bits per heavy atom. The minimum atomic E-state index is -0.877. The van der Waals surface area contributed by atoms with E-state index in [0.29, 0.717) is 11.8 Å². The number of rotatable bonds is 16. The van der Waals surface area contributed by atoms with Crippen molar-refractivity contribution >= 4 is 0 Å². The first-order chi connectivity index (χ1) is 24.7. The van der Waals surface area contributed by atoms with E-state index in [9.17, 15) is 5.11 Å². The number of nitrogens with zero attached hydrogens (tertiary/aromatic N) is 4. The first kappa shape index (κ1) is 40.8. The molecule has 5 fully saturated rings. The van der Waals surface area contributed by atoms with Crippen LogP contribution in [0.4, 0.5) is 0 Å². The third-order valence-corrected chi connectivity index (χ3v) is 11.8. The molecule has 12 unspecified atom stereocenters. The molecule has 10 N–H and O–H groups in total. The van der Waals surface area contributed by atoms with E-state index in [2.05, 4.69) is 60.0 Å². The van der Waals surface area contributed by atoms with Crippen LogP contribution in [-0.2, 0) is 19.6 Å². The summed E-state index contributed by atoms with van der Waals surface area (Å²) in [5.41, 5.74) is 0. The van der Waals surface area contributed by atoms with Crippen molar-refractivity contribution in [2.45, 2.75) is 146 Å². The molecule has 1 aliphatic heterocycles. The highest BCUT2D eigenvalue weighted by Gasteiger charge is 2.36. The monoisotopic (exact) mass is 729 g/mol. The van der Waals surface area contributed by atoms with Crippen LogP contribution < -0.4 is 26.6 Å². The Bertz CT molecular complexity index is 963. The molecule has 0 aromatic rings. The molecule has 5 rings (SSSR count). The smallest absolute Gasteiger partial charge is 0.164 e. The summed E-state index contributed by atoms with van der Waals surface area (Å²) in [7, 11) is 0. The molecule has 1 saturated heterocycles. The molecular weight excluding hydrogens is 666 g/mol. The van der Waals surface area contributed by atoms with Gasteiger partial charge in [0.05, 0.1) is 50.6 Å². The summed E-state index contributed by atoms with van der Waals surface area (Å²) in [5.74, 6) is 1.26. The van der Waals surface area contributed by atoms with Gasteiger partial charge in [0.2, 0.25) is 0 Å². The van der Waals surface area contributed by atoms with E-state index in [0.717, 1.165) is 77.0 Å². The summed E-state index contributed by atoms with van der Waals surface area (Å²) in [5, 5.41) is 82.5. The first-order valence-corrected chi connectivity index (χ1v) is 19.1. The van der Waals surface area contributed by atoms with E-state index in [1.54, 1.807) is 0 Å². The van der Waals surface area contributed by atoms with E-state index in [1.807, 2.05) is 0 Å². The predicted molar refractivity (Wildman–Crippen MR) is 184 cm³/mol. The fourth-order valence-corrected chi connectivity index (χ4v) is 9.27. The van der Waals surface area contributed by atoms with Crippen LogP contribution in [0, 0.1) is 35.5 Å². The van der Waals surface area contributed by atoms with Gasteiger partial charge >= 0.3 is 0 Å². The Morgan fingerprint density at radius 1 is 0.510 bits per heavy atom. The lowest BCUT2D eigenvalue weighted by atomic mass is 9.79. The average Bonchev–Trinajstić information content (AvgIpc) is 3.08. The van der Waals surface area contributed by atoms with E-state index >= 15 is 0 Å². The summed E-state index contributed by atoms with van der Waals surface area (Å²) in [6.45, 7) is 5.40. The van der Waals surface area contributed by atoms with Crippen LogP contribution >= 0.6 is 0 Å². The minimum absolute atomic E-state index is 0.0175. The number of azo groups is 2. The molecule has 0 bridgehead atoms. The van der Waals surface area contributed by atoms with Crippen LogP contribution in [0.3, 0.4) is 0 Å². The molecule has 0 aromatic heterocycles. The number of aliphatic hydroxyl groups is 1. The first-order valence-electron chi connectivity index (χ1n) is 19.1. The van der Waals surface area contributed by atoms with E-state index in [1.165, 1.54) is 0 Å². The summed E-state index contributed by atoms with van der Waals surface area (Å²) >= 11 is 0. The van der Waals surface area contributed by atoms with Crippen LogP contribution in [-0.4, -0.2) is 108 Å². The maximum absolute atomic E-state index is 10.6. The zero-order chi connectivity index (χ0) is 36.2. The quantitative estimate of drug-likeness (QED) is 0.0622. The van der Waals surface area contributed by atoms with Crippen molar-refractivity contribution in [2.75, 3.05) is 26.4 Å². The van der Waals surface area contributed by atoms with Crippen molar-refractivity contribution < 1.29 is 45.7 Å². The Kier molecular flexibility index (Phi) is 16.7. The van der Waals surface area contributed by atoms with Crippen LogP contribution in [0.2, 0.25) is 0 Å². The van der Waals surface area contributed by atoms with E-state index in [-0.39, 0.29) is 98.9 Å². The van der Waals surface area contributed by atoms with Crippen molar-refractivity contribution in [3.63, 3.8) is 0 Å². The van der Waals surface area contributed by atoms with Gasteiger partial charge in [-0.1, -0.05) is 13.8 Å². The Labute approximate surface area is 300 Å². The molecule has 0 amide bonds. The summed E-state index contributed by atoms with van der Waals surface area (Å²) in [6, 6.07) is 0.796. The fraction of sp³-hybridized carbons (Fsp3) is 1.00. The maximum Gasteiger partial charge on any atom is 0.164 e. The molecule has 0 radical (unpaired) electrons. The molecule has 4 aliphatic carbocycles. The van der Waals surface area contributed by atoms with Crippen molar-refractivity contribution in [1.29, 1.82) is 0 Å². The molecule has 12 atom stereocenters. The lowest BCUT2D eigenvalue weighted by molar-refractivity contribution is -0.263. The van der Waals surface area contributed by atoms with Crippen LogP contribution in [0.5, 0.6) is 0 Å². The lowest BCUT2D eigenvalue weighted by Gasteiger charge is -2.42. The normalized spacial score (nSPS) is 42.8. The second-order valence-corrected chi connectivity index (χ2v) is 16.0. The van der Waals surface area contributed by atoms with Crippen LogP contribution in [0.25, 0.3) is 0 Å². The number of nitrogens with one attached hydrogen (secondary N) is 5. The van der Waals surface area contributed by atoms with Gasteiger partial charge in [0.15, 0.2) is 6.35 Å². The van der Waals surface area contributed by atoms with Crippen molar-refractivity contribution in [3.05, 3.63) is 0 Å². The SMILES string of the molecule is CC1CC(NC2NC(O)NC(NC3CCC(N=NC4CC(COO)CC(COO)C4)C(C)C3)N2)CCC1N=NC1CC(COO)CC(COO)C1. The highest BCUT2D eigenvalue weighted by molar-refractivity contribution is 4.91. The molecule has 51 heavy (non-hydrogen) atoms. The highest BCUT2D eigenvalue weighted by atomic mass is 17.1. The third kappa shape index (κ3) is 12.9. The van der Waals surface area contributed by atoms with E-state index < -0.39 is 6.35 Å². The van der Waals surface area contributed by atoms with Gasteiger partial charge in [-0.3, -0.25) is 47.6 Å². The van der Waals surface area contributed by atoms with Gasteiger partial charge in [0, 0.05) is 12.1 Å². The molecule has 0 spiro atoms. The fourth-order valence-electron chi connectivity index (χ4n) is 9.27. The molecule has 0 aromatic carbocycles. The second kappa shape index (κ2) is 20.9. The van der Waals surface area contributed by atoms with Gasteiger partial charge in [-0.25, -0.2) is 19.6 Å². The molecule has 294 valence electrons. The van der Waals surface area contributed by atoms with Gasteiger partial charge in [-0.05, 0) is 113 Å². The Balaban J connectivity index is 1.04. The number of aliphatic hydroxyl groups excluding tert-OH is 1. The largest absolute Gasteiger partial charge is 0.365 e. The zero-order valence-corrected chi connectivity index (χ0v) is 30.1. The van der Waals surface area contributed by atoms with E-state index in [4.69, 9.17) is 41.5 Å².